The summed E-state index contributed by atoms with van der Waals surface area (Å²) in [5, 5.41) is 0. The first-order valence-corrected chi connectivity index (χ1v) is 7.49. The Balaban J connectivity index is 1.56. The van der Waals surface area contributed by atoms with E-state index in [9.17, 15) is 0 Å². The van der Waals surface area contributed by atoms with E-state index in [1.54, 1.807) is 0 Å². The predicted octanol–water partition coefficient (Wildman–Crippen LogP) is 1.28. The van der Waals surface area contributed by atoms with Crippen molar-refractivity contribution >= 4 is 0 Å². The minimum absolute atomic E-state index is 0.392. The highest BCUT2D eigenvalue weighted by Gasteiger charge is 2.40. The Bertz CT molecular complexity index is 258. The minimum Gasteiger partial charge on any atom is -0.328 e. The van der Waals surface area contributed by atoms with Crippen LogP contribution in [0.5, 0.6) is 0 Å². The molecule has 3 unspecified atom stereocenters. The molecule has 3 nitrogen and oxygen atoms in total. The molecule has 3 saturated heterocycles. The van der Waals surface area contributed by atoms with Gasteiger partial charge in [0.05, 0.1) is 0 Å². The molecule has 3 heteroatoms. The zero-order valence-electron chi connectivity index (χ0n) is 11.1. The van der Waals surface area contributed by atoms with Crippen LogP contribution in [-0.2, 0) is 0 Å². The van der Waals surface area contributed by atoms with Crippen LogP contribution in [0.25, 0.3) is 0 Å². The van der Waals surface area contributed by atoms with E-state index >= 15 is 0 Å². The smallest absolute Gasteiger partial charge is 0.0263 e. The zero-order valence-corrected chi connectivity index (χ0v) is 11.1. The van der Waals surface area contributed by atoms with Crippen LogP contribution in [0.2, 0.25) is 0 Å². The Hall–Kier alpha value is -0.120. The molecule has 3 heterocycles. The fourth-order valence-corrected chi connectivity index (χ4v) is 4.26. The van der Waals surface area contributed by atoms with Crippen molar-refractivity contribution in [3.8, 4) is 0 Å². The normalized spacial score (nSPS) is 38.5. The highest BCUT2D eigenvalue weighted by atomic mass is 15.3. The zero-order chi connectivity index (χ0) is 11.8. The van der Waals surface area contributed by atoms with Gasteiger partial charge in [0.15, 0.2) is 0 Å². The molecule has 17 heavy (non-hydrogen) atoms. The lowest BCUT2D eigenvalue weighted by molar-refractivity contribution is 0.105. The second-order valence-corrected chi connectivity index (χ2v) is 6.33. The summed E-state index contributed by atoms with van der Waals surface area (Å²) < 4.78 is 0. The summed E-state index contributed by atoms with van der Waals surface area (Å²) in [6.07, 6.45) is 6.92. The van der Waals surface area contributed by atoms with Crippen molar-refractivity contribution in [2.75, 3.05) is 26.2 Å². The van der Waals surface area contributed by atoms with Gasteiger partial charge in [-0.25, -0.2) is 0 Å². The van der Waals surface area contributed by atoms with Crippen molar-refractivity contribution in [3.63, 3.8) is 0 Å². The number of rotatable bonds is 2. The standard InChI is InChI=1S/C14H27N3/c1-11(15)12-4-8-17(9-5-12)14-6-10-16-7-2-3-13(14)16/h11-14H,2-10,15H2,1H3. The molecule has 0 radical (unpaired) electrons. The van der Waals surface area contributed by atoms with Crippen LogP contribution in [0.3, 0.4) is 0 Å². The number of hydrogen-bond donors (Lipinski definition) is 1. The monoisotopic (exact) mass is 237 g/mol. The van der Waals surface area contributed by atoms with Gasteiger partial charge in [-0.2, -0.15) is 0 Å². The van der Waals surface area contributed by atoms with Crippen LogP contribution in [0.15, 0.2) is 0 Å². The topological polar surface area (TPSA) is 32.5 Å². The fraction of sp³-hybridized carbons (Fsp3) is 1.00. The van der Waals surface area contributed by atoms with E-state index in [-0.39, 0.29) is 0 Å². The SMILES string of the molecule is CC(N)C1CCN(C2CCN3CCCC23)CC1. The quantitative estimate of drug-likeness (QED) is 0.785. The van der Waals surface area contributed by atoms with E-state index in [0.717, 1.165) is 18.0 Å². The molecule has 0 aromatic heterocycles. The number of nitrogens with zero attached hydrogens (tertiary/aromatic N) is 2. The number of fused-ring (bicyclic) bond motifs is 1. The van der Waals surface area contributed by atoms with Crippen LogP contribution in [0.1, 0.15) is 39.0 Å². The first-order valence-electron chi connectivity index (χ1n) is 7.49. The molecule has 3 atom stereocenters. The van der Waals surface area contributed by atoms with E-state index in [2.05, 4.69) is 16.7 Å². The molecule has 2 N–H and O–H groups in total. The van der Waals surface area contributed by atoms with Crippen molar-refractivity contribution in [1.82, 2.24) is 9.80 Å². The van der Waals surface area contributed by atoms with Crippen LogP contribution in [0.4, 0.5) is 0 Å². The molecule has 3 fully saturated rings. The number of likely N-dealkylation sites (tertiary alicyclic amines) is 1. The van der Waals surface area contributed by atoms with Crippen molar-refractivity contribution < 1.29 is 0 Å². The largest absolute Gasteiger partial charge is 0.328 e. The van der Waals surface area contributed by atoms with E-state index in [1.807, 2.05) is 0 Å². The predicted molar refractivity (Wildman–Crippen MR) is 70.9 cm³/mol. The van der Waals surface area contributed by atoms with Gasteiger partial charge in [0.25, 0.3) is 0 Å². The van der Waals surface area contributed by atoms with Gasteiger partial charge in [0.2, 0.25) is 0 Å². The Morgan fingerprint density at radius 2 is 1.47 bits per heavy atom. The Kier molecular flexibility index (Phi) is 3.42. The average molecular weight is 237 g/mol. The molecule has 98 valence electrons. The molecule has 3 aliphatic heterocycles. The van der Waals surface area contributed by atoms with Gasteiger partial charge in [0, 0.05) is 24.7 Å². The molecule has 0 saturated carbocycles. The van der Waals surface area contributed by atoms with Gasteiger partial charge in [0.1, 0.15) is 0 Å². The average Bonchev–Trinajstić information content (AvgIpc) is 2.90. The summed E-state index contributed by atoms with van der Waals surface area (Å²) in [7, 11) is 0. The summed E-state index contributed by atoms with van der Waals surface area (Å²) in [6.45, 7) is 7.47. The molecule has 0 amide bonds. The van der Waals surface area contributed by atoms with E-state index in [1.165, 1.54) is 58.3 Å². The van der Waals surface area contributed by atoms with E-state index in [0.29, 0.717) is 6.04 Å². The van der Waals surface area contributed by atoms with Crippen LogP contribution >= 0.6 is 0 Å². The molecule has 0 aliphatic carbocycles. The van der Waals surface area contributed by atoms with Gasteiger partial charge in [-0.05, 0) is 64.6 Å². The minimum atomic E-state index is 0.392. The molecular weight excluding hydrogens is 210 g/mol. The first-order chi connectivity index (χ1) is 8.25. The highest BCUT2D eigenvalue weighted by Crippen LogP contribution is 2.33. The molecule has 3 rings (SSSR count). The third kappa shape index (κ3) is 2.25. The Morgan fingerprint density at radius 1 is 0.882 bits per heavy atom. The van der Waals surface area contributed by atoms with Gasteiger partial charge in [-0.15, -0.1) is 0 Å². The van der Waals surface area contributed by atoms with Gasteiger partial charge >= 0.3 is 0 Å². The lowest BCUT2D eigenvalue weighted by Gasteiger charge is -2.39. The first kappa shape index (κ1) is 11.9. The van der Waals surface area contributed by atoms with Crippen molar-refractivity contribution in [3.05, 3.63) is 0 Å². The maximum Gasteiger partial charge on any atom is 0.0263 e. The maximum absolute atomic E-state index is 6.02. The summed E-state index contributed by atoms with van der Waals surface area (Å²) in [5.41, 5.74) is 6.02. The lowest BCUT2D eigenvalue weighted by atomic mass is 9.89. The number of nitrogens with two attached hydrogens (primary N) is 1. The van der Waals surface area contributed by atoms with Crippen LogP contribution < -0.4 is 5.73 Å². The molecular formula is C14H27N3. The van der Waals surface area contributed by atoms with Gasteiger partial charge < -0.3 is 5.73 Å². The summed E-state index contributed by atoms with van der Waals surface area (Å²) in [4.78, 5) is 5.50. The number of piperidine rings is 1. The summed E-state index contributed by atoms with van der Waals surface area (Å²) >= 11 is 0. The van der Waals surface area contributed by atoms with Gasteiger partial charge in [-0.1, -0.05) is 0 Å². The van der Waals surface area contributed by atoms with Crippen molar-refractivity contribution in [2.24, 2.45) is 11.7 Å². The summed E-state index contributed by atoms with van der Waals surface area (Å²) in [6, 6.07) is 2.15. The molecule has 0 aromatic rings. The Morgan fingerprint density at radius 3 is 2.18 bits per heavy atom. The summed E-state index contributed by atoms with van der Waals surface area (Å²) in [5.74, 6) is 0.771. The van der Waals surface area contributed by atoms with E-state index in [4.69, 9.17) is 5.73 Å². The third-order valence-corrected chi connectivity index (χ3v) is 5.36. The highest BCUT2D eigenvalue weighted by molar-refractivity contribution is 4.97. The molecule has 0 spiro atoms. The van der Waals surface area contributed by atoms with E-state index < -0.39 is 0 Å². The van der Waals surface area contributed by atoms with Crippen LogP contribution in [0, 0.1) is 5.92 Å². The molecule has 3 aliphatic rings. The second-order valence-electron chi connectivity index (χ2n) is 6.33. The van der Waals surface area contributed by atoms with Gasteiger partial charge in [-0.3, -0.25) is 9.80 Å². The van der Waals surface area contributed by atoms with Crippen LogP contribution in [-0.4, -0.2) is 54.1 Å². The molecule has 0 bridgehead atoms. The lowest BCUT2D eigenvalue weighted by Crippen LogP contribution is -2.48. The third-order valence-electron chi connectivity index (χ3n) is 5.36. The Labute approximate surface area is 105 Å². The number of hydrogen-bond acceptors (Lipinski definition) is 3. The van der Waals surface area contributed by atoms with Crippen molar-refractivity contribution in [2.45, 2.75) is 57.2 Å². The fourth-order valence-electron chi connectivity index (χ4n) is 4.26. The second kappa shape index (κ2) is 4.87. The van der Waals surface area contributed by atoms with Crippen molar-refractivity contribution in [1.29, 1.82) is 0 Å². The molecule has 0 aromatic carbocycles. The maximum atomic E-state index is 6.02.